The molecule has 2 bridgehead atoms. The normalized spacial score (nSPS) is 29.8. The highest BCUT2D eigenvalue weighted by molar-refractivity contribution is 7.39. The van der Waals surface area contributed by atoms with E-state index in [0.29, 0.717) is 6.04 Å². The molecule has 4 heteroatoms. The zero-order valence-electron chi connectivity index (χ0n) is 15.9. The van der Waals surface area contributed by atoms with Crippen molar-refractivity contribution in [3.05, 3.63) is 71.8 Å². The highest BCUT2D eigenvalue weighted by atomic mass is 31.1. The molecule has 1 aliphatic carbocycles. The Hall–Kier alpha value is -1.54. The van der Waals surface area contributed by atoms with Gasteiger partial charge in [0.2, 0.25) is 0 Å². The van der Waals surface area contributed by atoms with Gasteiger partial charge in [-0.3, -0.25) is 0 Å². The van der Waals surface area contributed by atoms with Crippen molar-refractivity contribution < 1.29 is 4.57 Å². The number of fused-ring (bicyclic) bond motifs is 2. The molecular formula is C22H28N2OP+. The second-order valence-corrected chi connectivity index (χ2v) is 9.93. The van der Waals surface area contributed by atoms with Gasteiger partial charge in [-0.05, 0) is 35.5 Å². The quantitative estimate of drug-likeness (QED) is 0.656. The minimum atomic E-state index is -1.57. The molecule has 136 valence electrons. The minimum Gasteiger partial charge on any atom is -0.0709 e. The van der Waals surface area contributed by atoms with Crippen LogP contribution in [-0.4, -0.2) is 20.9 Å². The maximum Gasteiger partial charge on any atom is 0.539 e. The fourth-order valence-corrected chi connectivity index (χ4v) is 7.05. The summed E-state index contributed by atoms with van der Waals surface area (Å²) in [6.45, 7) is 8.55. The van der Waals surface area contributed by atoms with E-state index < -0.39 is 8.10 Å². The molecule has 2 aliphatic rings. The Morgan fingerprint density at radius 3 is 2.04 bits per heavy atom. The average molecular weight is 367 g/mol. The number of hydrogen-bond donors (Lipinski definition) is 0. The Balaban J connectivity index is 1.69. The molecule has 1 saturated heterocycles. The van der Waals surface area contributed by atoms with Gasteiger partial charge >= 0.3 is 8.10 Å². The first-order valence-corrected chi connectivity index (χ1v) is 10.7. The second-order valence-electron chi connectivity index (χ2n) is 8.43. The summed E-state index contributed by atoms with van der Waals surface area (Å²) in [6.07, 6.45) is 2.21. The van der Waals surface area contributed by atoms with Gasteiger partial charge in [0.25, 0.3) is 0 Å². The summed E-state index contributed by atoms with van der Waals surface area (Å²) in [5, 5.41) is 0. The van der Waals surface area contributed by atoms with Crippen LogP contribution in [0.25, 0.3) is 0 Å². The van der Waals surface area contributed by atoms with Crippen molar-refractivity contribution in [3.8, 4) is 0 Å². The molecule has 0 amide bonds. The molecule has 2 fully saturated rings. The van der Waals surface area contributed by atoms with Crippen molar-refractivity contribution in [2.24, 2.45) is 5.41 Å². The van der Waals surface area contributed by atoms with E-state index in [1.165, 1.54) is 11.1 Å². The Morgan fingerprint density at radius 2 is 1.46 bits per heavy atom. The minimum absolute atomic E-state index is 0.0336. The molecule has 0 N–H and O–H groups in total. The van der Waals surface area contributed by atoms with Crippen LogP contribution in [0.1, 0.15) is 44.7 Å². The molecule has 0 radical (unpaired) electrons. The average Bonchev–Trinajstić information content (AvgIpc) is 2.82. The van der Waals surface area contributed by atoms with Crippen molar-refractivity contribution in [2.45, 2.75) is 58.3 Å². The molecule has 26 heavy (non-hydrogen) atoms. The summed E-state index contributed by atoms with van der Waals surface area (Å²) in [5.74, 6) is 0. The van der Waals surface area contributed by atoms with Gasteiger partial charge in [-0.25, -0.2) is 0 Å². The van der Waals surface area contributed by atoms with Crippen molar-refractivity contribution >= 4 is 8.10 Å². The zero-order chi connectivity index (χ0) is 18.4. The van der Waals surface area contributed by atoms with E-state index >= 15 is 0 Å². The van der Waals surface area contributed by atoms with E-state index in [9.17, 15) is 4.57 Å². The van der Waals surface area contributed by atoms with Crippen LogP contribution in [-0.2, 0) is 17.7 Å². The van der Waals surface area contributed by atoms with Gasteiger partial charge in [-0.1, -0.05) is 83.9 Å². The summed E-state index contributed by atoms with van der Waals surface area (Å²) < 4.78 is 18.2. The molecule has 1 aliphatic heterocycles. The SMILES string of the molecule is CC1(C)[C@H]2CC[C@@]1(C)N(Cc1ccccc1)[P+](=O)N2Cc1ccccc1. The lowest BCUT2D eigenvalue weighted by Gasteiger charge is -2.48. The second kappa shape index (κ2) is 6.56. The monoisotopic (exact) mass is 367 g/mol. The van der Waals surface area contributed by atoms with Crippen LogP contribution < -0.4 is 0 Å². The van der Waals surface area contributed by atoms with Gasteiger partial charge in [-0.15, -0.1) is 0 Å². The summed E-state index contributed by atoms with van der Waals surface area (Å²) in [7, 11) is -1.57. The third-order valence-electron chi connectivity index (χ3n) is 6.84. The fraction of sp³-hybridized carbons (Fsp3) is 0.455. The standard InChI is InChI=1S/C22H28N2OP/c1-21(2)20-14-15-22(21,3)24(17-19-12-8-5-9-13-19)26(25)23(20)16-18-10-6-4-7-11-18/h4-13,20H,14-17H2,1-3H3/q+1/t20-,22-/m1/s1. The smallest absolute Gasteiger partial charge is 0.0709 e. The summed E-state index contributed by atoms with van der Waals surface area (Å²) in [5.41, 5.74) is 2.54. The third-order valence-corrected chi connectivity index (χ3v) is 8.70. The van der Waals surface area contributed by atoms with Crippen LogP contribution in [0.2, 0.25) is 0 Å². The van der Waals surface area contributed by atoms with E-state index in [1.54, 1.807) is 0 Å². The van der Waals surface area contributed by atoms with Gasteiger partial charge in [-0.2, -0.15) is 0 Å². The van der Waals surface area contributed by atoms with Crippen LogP contribution in [0.3, 0.4) is 0 Å². The summed E-state index contributed by atoms with van der Waals surface area (Å²) in [4.78, 5) is 0. The van der Waals surface area contributed by atoms with Crippen LogP contribution >= 0.6 is 8.10 Å². The van der Waals surface area contributed by atoms with Crippen LogP contribution in [0.5, 0.6) is 0 Å². The predicted octanol–water partition coefficient (Wildman–Crippen LogP) is 5.61. The molecule has 2 aromatic carbocycles. The number of nitrogens with zero attached hydrogens (tertiary/aromatic N) is 2. The van der Waals surface area contributed by atoms with Crippen molar-refractivity contribution in [1.82, 2.24) is 9.34 Å². The predicted molar refractivity (Wildman–Crippen MR) is 107 cm³/mol. The highest BCUT2D eigenvalue weighted by Crippen LogP contribution is 2.63. The molecule has 3 nitrogen and oxygen atoms in total. The molecular weight excluding hydrogens is 339 g/mol. The number of benzene rings is 2. The van der Waals surface area contributed by atoms with Crippen LogP contribution in [0.4, 0.5) is 0 Å². The van der Waals surface area contributed by atoms with Gasteiger partial charge in [0.1, 0.15) is 0 Å². The topological polar surface area (TPSA) is 23.6 Å². The largest absolute Gasteiger partial charge is 0.539 e. The fourth-order valence-electron chi connectivity index (χ4n) is 4.82. The third kappa shape index (κ3) is 2.74. The molecule has 3 atom stereocenters. The summed E-state index contributed by atoms with van der Waals surface area (Å²) in [6, 6.07) is 21.3. The number of hydrogen-bond acceptors (Lipinski definition) is 1. The molecule has 0 aromatic heterocycles. The van der Waals surface area contributed by atoms with Crippen molar-refractivity contribution in [2.75, 3.05) is 0 Å². The first kappa shape index (κ1) is 17.9. The zero-order valence-corrected chi connectivity index (χ0v) is 16.8. The van der Waals surface area contributed by atoms with E-state index in [4.69, 9.17) is 0 Å². The molecule has 1 heterocycles. The first-order valence-electron chi connectivity index (χ1n) is 9.53. The van der Waals surface area contributed by atoms with E-state index in [2.05, 4.69) is 78.6 Å². The van der Waals surface area contributed by atoms with E-state index in [0.717, 1.165) is 25.9 Å². The van der Waals surface area contributed by atoms with Gasteiger partial charge < -0.3 is 0 Å². The van der Waals surface area contributed by atoms with E-state index in [1.807, 2.05) is 12.1 Å². The lowest BCUT2D eigenvalue weighted by Crippen LogP contribution is -2.60. The highest BCUT2D eigenvalue weighted by Gasteiger charge is 2.69. The van der Waals surface area contributed by atoms with Gasteiger partial charge in [0.15, 0.2) is 0 Å². The van der Waals surface area contributed by atoms with Gasteiger partial charge in [0.05, 0.1) is 24.7 Å². The molecule has 2 aromatic rings. The van der Waals surface area contributed by atoms with Crippen LogP contribution in [0.15, 0.2) is 60.7 Å². The lowest BCUT2D eigenvalue weighted by atomic mass is 9.73. The Morgan fingerprint density at radius 1 is 0.923 bits per heavy atom. The van der Waals surface area contributed by atoms with Gasteiger partial charge in [0, 0.05) is 5.41 Å². The Kier molecular flexibility index (Phi) is 4.51. The lowest BCUT2D eigenvalue weighted by molar-refractivity contribution is 0.0123. The first-order chi connectivity index (χ1) is 12.4. The Labute approximate surface area is 157 Å². The summed E-state index contributed by atoms with van der Waals surface area (Å²) >= 11 is 0. The van der Waals surface area contributed by atoms with Crippen LogP contribution in [0, 0.1) is 5.41 Å². The Bertz CT molecular complexity index is 792. The maximum absolute atomic E-state index is 13.7. The molecule has 4 rings (SSSR count). The molecule has 1 saturated carbocycles. The van der Waals surface area contributed by atoms with E-state index in [-0.39, 0.29) is 11.0 Å². The van der Waals surface area contributed by atoms with Crippen molar-refractivity contribution in [1.29, 1.82) is 0 Å². The molecule has 1 unspecified atom stereocenters. The van der Waals surface area contributed by atoms with Crippen molar-refractivity contribution in [3.63, 3.8) is 0 Å². The maximum atomic E-state index is 13.7. The number of rotatable bonds is 4. The molecule has 0 spiro atoms.